The Hall–Kier alpha value is -4.63. The van der Waals surface area contributed by atoms with Crippen molar-refractivity contribution < 1.29 is 28.6 Å². The summed E-state index contributed by atoms with van der Waals surface area (Å²) in [5.74, 6) is -2.12. The Kier molecular flexibility index (Phi) is 8.59. The Morgan fingerprint density at radius 3 is 2.79 bits per heavy atom. The first kappa shape index (κ1) is 28.9. The fraction of sp³-hybridized carbons (Fsp3) is 0.300. The van der Waals surface area contributed by atoms with E-state index in [9.17, 15) is 18.8 Å². The minimum Gasteiger partial charge on any atom is -0.488 e. The number of amides is 2. The number of nitrogens with two attached hydrogens (primary N) is 1. The molecule has 2 amide bonds. The fourth-order valence-corrected chi connectivity index (χ4v) is 6.28. The monoisotopic (exact) mass is 589 g/mol. The number of halogens is 1. The molecule has 0 radical (unpaired) electrons. The van der Waals surface area contributed by atoms with E-state index in [2.05, 4.69) is 4.98 Å². The third kappa shape index (κ3) is 6.31. The molecule has 3 aromatic rings. The van der Waals surface area contributed by atoms with Crippen molar-refractivity contribution in [2.75, 3.05) is 18.0 Å². The minimum absolute atomic E-state index is 0.0676. The molecule has 2 atom stereocenters. The summed E-state index contributed by atoms with van der Waals surface area (Å²) in [6, 6.07) is 14.4. The van der Waals surface area contributed by atoms with Crippen molar-refractivity contribution in [1.29, 1.82) is 5.26 Å². The SMILES string of the molecule is N#Cc1ccc(N2CCC(Sc3ccc(COc4cccc5c4CN(C(CCC(=O)O)C(N)=O)C5=O)cn3)C2)c(F)c1. The normalized spacial score (nSPS) is 16.7. The van der Waals surface area contributed by atoms with Crippen LogP contribution in [0.3, 0.4) is 0 Å². The number of thioether (sulfide) groups is 1. The van der Waals surface area contributed by atoms with E-state index in [1.54, 1.807) is 48.3 Å². The highest BCUT2D eigenvalue weighted by Gasteiger charge is 2.37. The maximum atomic E-state index is 14.4. The Balaban J connectivity index is 1.18. The van der Waals surface area contributed by atoms with Gasteiger partial charge in [-0.15, -0.1) is 11.8 Å². The van der Waals surface area contributed by atoms with Crippen LogP contribution in [0, 0.1) is 17.1 Å². The molecule has 42 heavy (non-hydrogen) atoms. The summed E-state index contributed by atoms with van der Waals surface area (Å²) in [5.41, 5.74) is 8.12. The van der Waals surface area contributed by atoms with Crippen LogP contribution in [0.4, 0.5) is 10.1 Å². The number of fused-ring (bicyclic) bond motifs is 1. The van der Waals surface area contributed by atoms with Gasteiger partial charge in [0.1, 0.15) is 24.2 Å². The smallest absolute Gasteiger partial charge is 0.303 e. The van der Waals surface area contributed by atoms with Crippen molar-refractivity contribution in [3.63, 3.8) is 0 Å². The molecule has 5 rings (SSSR count). The molecular formula is C30H28FN5O5S. The van der Waals surface area contributed by atoms with Gasteiger partial charge in [0.15, 0.2) is 0 Å². The summed E-state index contributed by atoms with van der Waals surface area (Å²) in [5, 5.41) is 19.1. The molecule has 2 aromatic carbocycles. The predicted molar refractivity (Wildman–Crippen MR) is 152 cm³/mol. The van der Waals surface area contributed by atoms with Crippen LogP contribution in [0.2, 0.25) is 0 Å². The molecule has 2 aliphatic heterocycles. The second-order valence-corrected chi connectivity index (χ2v) is 11.4. The molecule has 2 aliphatic rings. The van der Waals surface area contributed by atoms with Crippen molar-refractivity contribution in [3.8, 4) is 11.8 Å². The third-order valence-corrected chi connectivity index (χ3v) is 8.53. The summed E-state index contributed by atoms with van der Waals surface area (Å²) in [7, 11) is 0. The van der Waals surface area contributed by atoms with E-state index >= 15 is 0 Å². The first-order valence-electron chi connectivity index (χ1n) is 13.4. The van der Waals surface area contributed by atoms with Gasteiger partial charge >= 0.3 is 5.97 Å². The van der Waals surface area contributed by atoms with Gasteiger partial charge in [0, 0.05) is 47.6 Å². The number of aliphatic carboxylic acids is 1. The average molecular weight is 590 g/mol. The Morgan fingerprint density at radius 2 is 2.10 bits per heavy atom. The first-order chi connectivity index (χ1) is 20.2. The Bertz CT molecular complexity index is 1560. The molecule has 3 heterocycles. The van der Waals surface area contributed by atoms with Gasteiger partial charge in [0.05, 0.1) is 28.9 Å². The third-order valence-electron chi connectivity index (χ3n) is 7.33. The average Bonchev–Trinajstić information content (AvgIpc) is 3.57. The van der Waals surface area contributed by atoms with Gasteiger partial charge in [-0.25, -0.2) is 9.37 Å². The second kappa shape index (κ2) is 12.5. The van der Waals surface area contributed by atoms with Gasteiger partial charge in [0.2, 0.25) is 5.91 Å². The number of carboxylic acids is 1. The zero-order valence-corrected chi connectivity index (χ0v) is 23.3. The van der Waals surface area contributed by atoms with Crippen LogP contribution in [0.15, 0.2) is 59.8 Å². The molecular weight excluding hydrogens is 561 g/mol. The molecule has 12 heteroatoms. The molecule has 0 spiro atoms. The van der Waals surface area contributed by atoms with E-state index < -0.39 is 23.7 Å². The van der Waals surface area contributed by atoms with Crippen LogP contribution in [0.1, 0.15) is 46.3 Å². The number of anilines is 1. The summed E-state index contributed by atoms with van der Waals surface area (Å²) in [4.78, 5) is 43.9. The minimum atomic E-state index is -1.07. The number of carbonyl (C=O) groups is 3. The quantitative estimate of drug-likeness (QED) is 0.341. The topological polar surface area (TPSA) is 150 Å². The predicted octanol–water partition coefficient (Wildman–Crippen LogP) is 3.72. The molecule has 2 unspecified atom stereocenters. The molecule has 0 saturated carbocycles. The van der Waals surface area contributed by atoms with Crippen LogP contribution in [-0.4, -0.2) is 57.2 Å². The van der Waals surface area contributed by atoms with Gasteiger partial charge in [-0.05, 0) is 49.2 Å². The van der Waals surface area contributed by atoms with Crippen molar-refractivity contribution >= 4 is 35.2 Å². The number of rotatable bonds is 11. The maximum Gasteiger partial charge on any atom is 0.303 e. The van der Waals surface area contributed by atoms with Crippen molar-refractivity contribution in [2.24, 2.45) is 5.73 Å². The highest BCUT2D eigenvalue weighted by atomic mass is 32.2. The van der Waals surface area contributed by atoms with Crippen LogP contribution < -0.4 is 15.4 Å². The van der Waals surface area contributed by atoms with Crippen molar-refractivity contribution in [1.82, 2.24) is 9.88 Å². The molecule has 216 valence electrons. The Labute approximate surface area is 245 Å². The van der Waals surface area contributed by atoms with Crippen LogP contribution in [0.5, 0.6) is 5.75 Å². The fourth-order valence-electron chi connectivity index (χ4n) is 5.20. The number of ether oxygens (including phenoxy) is 1. The van der Waals surface area contributed by atoms with E-state index in [1.165, 1.54) is 11.0 Å². The molecule has 0 bridgehead atoms. The Morgan fingerprint density at radius 1 is 1.26 bits per heavy atom. The van der Waals surface area contributed by atoms with Gasteiger partial charge in [0.25, 0.3) is 5.91 Å². The summed E-state index contributed by atoms with van der Waals surface area (Å²) >= 11 is 1.63. The van der Waals surface area contributed by atoms with E-state index in [0.717, 1.165) is 17.0 Å². The lowest BCUT2D eigenvalue weighted by Crippen LogP contribution is -2.45. The number of carboxylic acid groups (broad SMARTS) is 1. The maximum absolute atomic E-state index is 14.4. The second-order valence-electron chi connectivity index (χ2n) is 10.1. The summed E-state index contributed by atoms with van der Waals surface area (Å²) in [6.07, 6.45) is 2.25. The van der Waals surface area contributed by atoms with E-state index in [-0.39, 0.29) is 37.2 Å². The lowest BCUT2D eigenvalue weighted by atomic mass is 10.1. The van der Waals surface area contributed by atoms with Crippen LogP contribution in [0.25, 0.3) is 0 Å². The highest BCUT2D eigenvalue weighted by molar-refractivity contribution is 7.99. The van der Waals surface area contributed by atoms with Crippen molar-refractivity contribution in [3.05, 3.63) is 82.8 Å². The molecule has 1 saturated heterocycles. The van der Waals surface area contributed by atoms with Gasteiger partial charge in [-0.2, -0.15) is 5.26 Å². The zero-order valence-electron chi connectivity index (χ0n) is 22.5. The number of hydrogen-bond donors (Lipinski definition) is 2. The molecule has 3 N–H and O–H groups in total. The number of nitriles is 1. The zero-order chi connectivity index (χ0) is 29.8. The molecule has 10 nitrogen and oxygen atoms in total. The first-order valence-corrected chi connectivity index (χ1v) is 14.2. The van der Waals surface area contributed by atoms with E-state index in [0.29, 0.717) is 41.2 Å². The number of primary amides is 1. The summed E-state index contributed by atoms with van der Waals surface area (Å²) in [6.45, 7) is 1.68. The standard InChI is InChI=1S/C30H28FN5O5S/c31-23-12-18(13-32)4-6-24(23)35-11-10-20(15-35)42-27-8-5-19(14-34-27)17-41-26-3-1-2-21-22(26)16-36(30(21)40)25(29(33)39)7-9-28(37)38/h1-6,8,12,14,20,25H,7,9-11,15-17H2,(H2,33,39)(H,37,38). The molecule has 1 aromatic heterocycles. The van der Waals surface area contributed by atoms with Crippen LogP contribution >= 0.6 is 11.8 Å². The van der Waals surface area contributed by atoms with Crippen LogP contribution in [-0.2, 0) is 22.7 Å². The number of hydrogen-bond acceptors (Lipinski definition) is 8. The number of benzene rings is 2. The molecule has 1 fully saturated rings. The van der Waals surface area contributed by atoms with E-state index in [1.807, 2.05) is 23.1 Å². The number of carbonyl (C=O) groups excluding carboxylic acids is 2. The number of aromatic nitrogens is 1. The largest absolute Gasteiger partial charge is 0.488 e. The van der Waals surface area contributed by atoms with Gasteiger partial charge in [-0.1, -0.05) is 12.1 Å². The van der Waals surface area contributed by atoms with Crippen molar-refractivity contribution in [2.45, 2.75) is 48.7 Å². The number of pyridine rings is 1. The van der Waals surface area contributed by atoms with E-state index in [4.69, 9.17) is 20.8 Å². The molecule has 0 aliphatic carbocycles. The highest BCUT2D eigenvalue weighted by Crippen LogP contribution is 2.34. The lowest BCUT2D eigenvalue weighted by Gasteiger charge is -2.24. The van der Waals surface area contributed by atoms with Gasteiger partial charge in [-0.3, -0.25) is 14.4 Å². The van der Waals surface area contributed by atoms with Gasteiger partial charge < -0.3 is 25.4 Å². The summed E-state index contributed by atoms with van der Waals surface area (Å²) < 4.78 is 20.5. The lowest BCUT2D eigenvalue weighted by molar-refractivity contribution is -0.137. The number of nitrogens with zero attached hydrogens (tertiary/aromatic N) is 4.